The van der Waals surface area contributed by atoms with E-state index in [0.717, 1.165) is 17.0 Å². The molecule has 0 bridgehead atoms. The highest BCUT2D eigenvalue weighted by molar-refractivity contribution is 7.98. The summed E-state index contributed by atoms with van der Waals surface area (Å²) >= 11 is 1.38. The normalized spacial score (nSPS) is 10.8. The van der Waals surface area contributed by atoms with Gasteiger partial charge >= 0.3 is 5.97 Å². The van der Waals surface area contributed by atoms with E-state index in [1.165, 1.54) is 11.8 Å². The molecule has 7 nitrogen and oxygen atoms in total. The van der Waals surface area contributed by atoms with Crippen LogP contribution in [0.3, 0.4) is 0 Å². The molecule has 2 rings (SSSR count). The SMILES string of the molecule is CSc1nc(C)c(CCC(=O)OCCc2c(C)n[nH]c2C)c(=O)[nH]1. The molecule has 2 N–H and O–H groups in total. The lowest BCUT2D eigenvalue weighted by molar-refractivity contribution is -0.143. The molecule has 0 saturated carbocycles. The molecule has 0 atom stereocenters. The summed E-state index contributed by atoms with van der Waals surface area (Å²) in [6.45, 7) is 5.94. The minimum atomic E-state index is -0.318. The number of carbonyl (C=O) groups is 1. The van der Waals surface area contributed by atoms with Crippen LogP contribution in [0.4, 0.5) is 0 Å². The number of rotatable bonds is 7. The summed E-state index contributed by atoms with van der Waals surface area (Å²) in [6.07, 6.45) is 2.96. The number of aryl methyl sites for hydroxylation is 3. The zero-order chi connectivity index (χ0) is 17.7. The summed E-state index contributed by atoms with van der Waals surface area (Å²) in [5, 5.41) is 7.60. The Balaban J connectivity index is 1.85. The van der Waals surface area contributed by atoms with Crippen molar-refractivity contribution in [2.75, 3.05) is 12.9 Å². The number of hydrogen-bond donors (Lipinski definition) is 2. The van der Waals surface area contributed by atoms with Crippen LogP contribution in [0.25, 0.3) is 0 Å². The standard InChI is InChI=1S/C16H22N4O3S/c1-9-13(15(22)18-16(17-9)24-4)5-6-14(21)23-8-7-12-10(2)19-20-11(12)3/h5-8H2,1-4H3,(H,19,20)(H,17,18,22). The Labute approximate surface area is 144 Å². The van der Waals surface area contributed by atoms with Crippen molar-refractivity contribution in [3.63, 3.8) is 0 Å². The van der Waals surface area contributed by atoms with Crippen molar-refractivity contribution >= 4 is 17.7 Å². The molecule has 8 heteroatoms. The molecule has 0 aliphatic rings. The first-order valence-corrected chi connectivity index (χ1v) is 8.94. The first kappa shape index (κ1) is 18.3. The van der Waals surface area contributed by atoms with Crippen LogP contribution in [0.1, 0.15) is 34.6 Å². The molecule has 0 aliphatic carbocycles. The Morgan fingerprint density at radius 1 is 1.17 bits per heavy atom. The molecule has 0 spiro atoms. The van der Waals surface area contributed by atoms with Gasteiger partial charge in [0.25, 0.3) is 5.56 Å². The second-order valence-electron chi connectivity index (χ2n) is 5.52. The van der Waals surface area contributed by atoms with Crippen molar-refractivity contribution in [3.8, 4) is 0 Å². The number of carbonyl (C=O) groups excluding carboxylic acids is 1. The lowest BCUT2D eigenvalue weighted by Crippen LogP contribution is -2.19. The van der Waals surface area contributed by atoms with Crippen molar-refractivity contribution in [1.82, 2.24) is 20.2 Å². The molecule has 130 valence electrons. The van der Waals surface area contributed by atoms with Gasteiger partial charge < -0.3 is 9.72 Å². The molecule has 0 saturated heterocycles. The highest BCUT2D eigenvalue weighted by Crippen LogP contribution is 2.11. The van der Waals surface area contributed by atoms with Crippen LogP contribution in [-0.2, 0) is 22.4 Å². The van der Waals surface area contributed by atoms with Crippen LogP contribution in [0.15, 0.2) is 9.95 Å². The van der Waals surface area contributed by atoms with Gasteiger partial charge in [-0.25, -0.2) is 4.98 Å². The van der Waals surface area contributed by atoms with Crippen LogP contribution in [-0.4, -0.2) is 39.0 Å². The topological polar surface area (TPSA) is 101 Å². The predicted molar refractivity (Wildman–Crippen MR) is 92.4 cm³/mol. The van der Waals surface area contributed by atoms with E-state index in [0.29, 0.717) is 35.9 Å². The van der Waals surface area contributed by atoms with Gasteiger partial charge in [-0.2, -0.15) is 5.10 Å². The third-order valence-corrected chi connectivity index (χ3v) is 4.45. The van der Waals surface area contributed by atoms with Crippen LogP contribution < -0.4 is 5.56 Å². The Morgan fingerprint density at radius 2 is 1.92 bits per heavy atom. The third kappa shape index (κ3) is 4.47. The molecule has 0 amide bonds. The molecule has 24 heavy (non-hydrogen) atoms. The minimum Gasteiger partial charge on any atom is -0.465 e. The number of esters is 1. The first-order valence-electron chi connectivity index (χ1n) is 7.72. The summed E-state index contributed by atoms with van der Waals surface area (Å²) < 4.78 is 5.25. The Morgan fingerprint density at radius 3 is 2.50 bits per heavy atom. The number of H-pyrrole nitrogens is 2. The minimum absolute atomic E-state index is 0.160. The summed E-state index contributed by atoms with van der Waals surface area (Å²) in [6, 6.07) is 0. The van der Waals surface area contributed by atoms with E-state index in [9.17, 15) is 9.59 Å². The summed E-state index contributed by atoms with van der Waals surface area (Å²) in [7, 11) is 0. The highest BCUT2D eigenvalue weighted by atomic mass is 32.2. The van der Waals surface area contributed by atoms with Crippen LogP contribution in [0.5, 0.6) is 0 Å². The molecule has 2 aromatic heterocycles. The fraction of sp³-hybridized carbons (Fsp3) is 0.500. The molecule has 0 unspecified atom stereocenters. The zero-order valence-corrected chi connectivity index (χ0v) is 15.2. The van der Waals surface area contributed by atoms with Crippen molar-refractivity contribution in [2.45, 2.75) is 45.2 Å². The Hall–Kier alpha value is -2.09. The quantitative estimate of drug-likeness (QED) is 0.449. The van der Waals surface area contributed by atoms with Gasteiger partial charge in [-0.1, -0.05) is 11.8 Å². The maximum atomic E-state index is 12.0. The van der Waals surface area contributed by atoms with Crippen LogP contribution in [0.2, 0.25) is 0 Å². The second-order valence-corrected chi connectivity index (χ2v) is 6.32. The van der Waals surface area contributed by atoms with Crippen LogP contribution >= 0.6 is 11.8 Å². The molecular weight excluding hydrogens is 328 g/mol. The maximum absolute atomic E-state index is 12.0. The van der Waals surface area contributed by atoms with Gasteiger partial charge in [0, 0.05) is 29.8 Å². The number of aromatic nitrogens is 4. The number of aromatic amines is 2. The summed E-state index contributed by atoms with van der Waals surface area (Å²) in [5.74, 6) is -0.318. The molecular formula is C16H22N4O3S. The van der Waals surface area contributed by atoms with E-state index in [-0.39, 0.29) is 17.9 Å². The highest BCUT2D eigenvalue weighted by Gasteiger charge is 2.12. The van der Waals surface area contributed by atoms with E-state index in [1.54, 1.807) is 6.92 Å². The van der Waals surface area contributed by atoms with Crippen molar-refractivity contribution < 1.29 is 9.53 Å². The van der Waals surface area contributed by atoms with E-state index < -0.39 is 0 Å². The fourth-order valence-electron chi connectivity index (χ4n) is 2.48. The number of thioether (sulfide) groups is 1. The van der Waals surface area contributed by atoms with Gasteiger partial charge in [0.05, 0.1) is 12.3 Å². The van der Waals surface area contributed by atoms with Gasteiger partial charge in [0.1, 0.15) is 0 Å². The number of ether oxygens (including phenoxy) is 1. The van der Waals surface area contributed by atoms with Crippen LogP contribution in [0, 0.1) is 20.8 Å². The van der Waals surface area contributed by atoms with Crippen molar-refractivity contribution in [1.29, 1.82) is 0 Å². The van der Waals surface area contributed by atoms with Crippen molar-refractivity contribution in [3.05, 3.63) is 38.6 Å². The average molecular weight is 350 g/mol. The van der Waals surface area contributed by atoms with E-state index >= 15 is 0 Å². The van der Waals surface area contributed by atoms with Gasteiger partial charge in [-0.05, 0) is 39.0 Å². The lowest BCUT2D eigenvalue weighted by Gasteiger charge is -2.07. The number of nitrogens with one attached hydrogen (secondary N) is 2. The van der Waals surface area contributed by atoms with E-state index in [2.05, 4.69) is 20.2 Å². The molecule has 0 fully saturated rings. The Bertz CT molecular complexity index is 763. The molecule has 0 aromatic carbocycles. The maximum Gasteiger partial charge on any atom is 0.306 e. The fourth-order valence-corrected chi connectivity index (χ4v) is 2.91. The zero-order valence-electron chi connectivity index (χ0n) is 14.4. The van der Waals surface area contributed by atoms with Crippen molar-refractivity contribution in [2.24, 2.45) is 0 Å². The summed E-state index contributed by atoms with van der Waals surface area (Å²) in [5.41, 5.74) is 3.99. The predicted octanol–water partition coefficient (Wildman–Crippen LogP) is 1.86. The summed E-state index contributed by atoms with van der Waals surface area (Å²) in [4.78, 5) is 30.9. The molecule has 2 heterocycles. The third-order valence-electron chi connectivity index (χ3n) is 3.87. The lowest BCUT2D eigenvalue weighted by atomic mass is 10.1. The van der Waals surface area contributed by atoms with Gasteiger partial charge in [-0.3, -0.25) is 14.7 Å². The van der Waals surface area contributed by atoms with Gasteiger partial charge in [-0.15, -0.1) is 0 Å². The average Bonchev–Trinajstić information content (AvgIpc) is 2.85. The molecule has 2 aromatic rings. The second kappa shape index (κ2) is 8.14. The smallest absolute Gasteiger partial charge is 0.306 e. The molecule has 0 radical (unpaired) electrons. The van der Waals surface area contributed by atoms with E-state index in [4.69, 9.17) is 4.74 Å². The van der Waals surface area contributed by atoms with Gasteiger partial charge in [0.15, 0.2) is 5.16 Å². The Kier molecular flexibility index (Phi) is 6.19. The van der Waals surface area contributed by atoms with Gasteiger partial charge in [0.2, 0.25) is 0 Å². The first-order chi connectivity index (χ1) is 11.4. The molecule has 0 aliphatic heterocycles. The number of hydrogen-bond acceptors (Lipinski definition) is 6. The number of nitrogens with zero attached hydrogens (tertiary/aromatic N) is 2. The van der Waals surface area contributed by atoms with E-state index in [1.807, 2.05) is 20.1 Å². The largest absolute Gasteiger partial charge is 0.465 e. The monoisotopic (exact) mass is 350 g/mol.